The zero-order chi connectivity index (χ0) is 21.7. The van der Waals surface area contributed by atoms with Crippen molar-refractivity contribution < 1.29 is 4.55 Å². The summed E-state index contributed by atoms with van der Waals surface area (Å²) in [7, 11) is 6.00. The van der Waals surface area contributed by atoms with Crippen molar-refractivity contribution >= 4 is 17.0 Å². The summed E-state index contributed by atoms with van der Waals surface area (Å²) in [6, 6.07) is 8.27. The molecule has 1 aromatic carbocycles. The van der Waals surface area contributed by atoms with Crippen molar-refractivity contribution in [2.24, 2.45) is 7.05 Å². The number of aryl methyl sites for hydroxylation is 3. The number of nitrogens with zero attached hydrogens (tertiary/aromatic N) is 5. The van der Waals surface area contributed by atoms with Crippen LogP contribution in [0, 0.1) is 13.8 Å². The van der Waals surface area contributed by atoms with Crippen molar-refractivity contribution in [2.75, 3.05) is 51.1 Å². The van der Waals surface area contributed by atoms with Crippen LogP contribution in [0.25, 0.3) is 0 Å². The van der Waals surface area contributed by atoms with Gasteiger partial charge in [0, 0.05) is 33.2 Å². The van der Waals surface area contributed by atoms with Crippen LogP contribution < -0.4 is 4.31 Å². The molecule has 1 aliphatic heterocycles. The monoisotopic (exact) mass is 431 g/mol. The second kappa shape index (κ2) is 10.7. The van der Waals surface area contributed by atoms with Gasteiger partial charge in [0.25, 0.3) is 0 Å². The van der Waals surface area contributed by atoms with Crippen molar-refractivity contribution in [1.29, 1.82) is 0 Å². The van der Waals surface area contributed by atoms with E-state index in [4.69, 9.17) is 0 Å². The average Bonchev–Trinajstić information content (AvgIpc) is 3.00. The third-order valence-corrected chi connectivity index (χ3v) is 7.55. The fraction of sp³-hybridized carbons (Fsp3) is 0.609. The maximum Gasteiger partial charge on any atom is 0.180 e. The van der Waals surface area contributed by atoms with Gasteiger partial charge in [0.05, 0.1) is 18.4 Å². The van der Waals surface area contributed by atoms with E-state index in [2.05, 4.69) is 34.1 Å². The molecule has 3 rings (SSSR count). The summed E-state index contributed by atoms with van der Waals surface area (Å²) >= 11 is -1.24. The topological polar surface area (TPSA) is 50.6 Å². The van der Waals surface area contributed by atoms with Gasteiger partial charge in [0.2, 0.25) is 0 Å². The Morgan fingerprint density at radius 2 is 1.67 bits per heavy atom. The smallest absolute Gasteiger partial charge is 0.180 e. The van der Waals surface area contributed by atoms with Gasteiger partial charge in [-0.2, -0.15) is 9.40 Å². The van der Waals surface area contributed by atoms with Crippen LogP contribution in [-0.2, 0) is 24.8 Å². The number of rotatable bonds is 9. The van der Waals surface area contributed by atoms with Gasteiger partial charge < -0.3 is 14.4 Å². The molecule has 0 aliphatic carbocycles. The molecule has 1 aromatic heterocycles. The van der Waals surface area contributed by atoms with Crippen LogP contribution in [0.1, 0.15) is 36.2 Å². The predicted octanol–water partition coefficient (Wildman–Crippen LogP) is 3.16. The van der Waals surface area contributed by atoms with Gasteiger partial charge in [-0.1, -0.05) is 18.6 Å². The number of aromatic nitrogens is 2. The maximum atomic E-state index is 13.0. The first-order valence-corrected chi connectivity index (χ1v) is 12.1. The zero-order valence-electron chi connectivity index (χ0n) is 19.2. The minimum absolute atomic E-state index is 0.832. The van der Waals surface area contributed by atoms with Crippen LogP contribution in [0.15, 0.2) is 29.2 Å². The van der Waals surface area contributed by atoms with Crippen molar-refractivity contribution in [3.63, 3.8) is 0 Å². The second-order valence-corrected chi connectivity index (χ2v) is 10.0. The standard InChI is InChI=1S/C23H37N5OS/c1-19-23(20(2)26(4)24-19)27(5)30(29)22-12-10-21(11-13-22)9-7-6-8-14-28-17-15-25(3)16-18-28/h10-13H,6-9,14-18H2,1-5H3. The summed E-state index contributed by atoms with van der Waals surface area (Å²) in [4.78, 5) is 5.83. The van der Waals surface area contributed by atoms with E-state index in [1.54, 1.807) is 0 Å². The molecule has 1 saturated heterocycles. The van der Waals surface area contributed by atoms with E-state index in [1.807, 2.05) is 49.1 Å². The van der Waals surface area contributed by atoms with E-state index in [9.17, 15) is 4.55 Å². The van der Waals surface area contributed by atoms with E-state index in [-0.39, 0.29) is 0 Å². The Bertz CT molecular complexity index is 799. The molecule has 2 aromatic rings. The molecular formula is C23H37N5OS. The van der Waals surface area contributed by atoms with Crippen molar-refractivity contribution in [3.05, 3.63) is 41.2 Å². The minimum Gasteiger partial charge on any atom is -0.588 e. The molecule has 0 bridgehead atoms. The Hall–Kier alpha value is -1.54. The van der Waals surface area contributed by atoms with Crippen molar-refractivity contribution in [3.8, 4) is 0 Å². The fourth-order valence-corrected chi connectivity index (χ4v) is 5.26. The summed E-state index contributed by atoms with van der Waals surface area (Å²) in [5.74, 6) is 0. The molecule has 1 unspecified atom stereocenters. The van der Waals surface area contributed by atoms with Crippen LogP contribution >= 0.6 is 0 Å². The SMILES string of the molecule is Cc1nn(C)c(C)c1N(C)[S+]([O-])c1ccc(CCCCCN2CCN(C)CC2)cc1. The normalized spacial score (nSPS) is 16.7. The first-order chi connectivity index (χ1) is 14.4. The Kier molecular flexibility index (Phi) is 8.22. The molecule has 0 amide bonds. The molecule has 0 N–H and O–H groups in total. The van der Waals surface area contributed by atoms with Gasteiger partial charge in [-0.25, -0.2) is 0 Å². The zero-order valence-corrected chi connectivity index (χ0v) is 20.0. The molecule has 6 nitrogen and oxygen atoms in total. The molecule has 7 heteroatoms. The van der Waals surface area contributed by atoms with E-state index < -0.39 is 11.4 Å². The summed E-state index contributed by atoms with van der Waals surface area (Å²) in [6.45, 7) is 10.0. The number of benzene rings is 1. The number of likely N-dealkylation sites (N-methyl/N-ethyl adjacent to an activating group) is 1. The van der Waals surface area contributed by atoms with E-state index >= 15 is 0 Å². The van der Waals surface area contributed by atoms with Crippen LogP contribution in [0.3, 0.4) is 0 Å². The van der Waals surface area contributed by atoms with Crippen LogP contribution in [-0.4, -0.2) is 71.0 Å². The van der Waals surface area contributed by atoms with E-state index in [0.29, 0.717) is 0 Å². The summed E-state index contributed by atoms with van der Waals surface area (Å²) in [6.07, 6.45) is 4.85. The fourth-order valence-electron chi connectivity index (χ4n) is 4.14. The minimum atomic E-state index is -1.24. The number of hydrogen-bond donors (Lipinski definition) is 0. The highest BCUT2D eigenvalue weighted by molar-refractivity contribution is 7.92. The molecule has 0 saturated carbocycles. The lowest BCUT2D eigenvalue weighted by atomic mass is 10.1. The summed E-state index contributed by atoms with van der Waals surface area (Å²) in [5.41, 5.74) is 4.20. The molecule has 30 heavy (non-hydrogen) atoms. The van der Waals surface area contributed by atoms with Crippen molar-refractivity contribution in [1.82, 2.24) is 19.6 Å². The molecule has 0 spiro atoms. The van der Waals surface area contributed by atoms with Crippen molar-refractivity contribution in [2.45, 2.75) is 44.4 Å². The van der Waals surface area contributed by atoms with Gasteiger partial charge in [0.1, 0.15) is 17.0 Å². The first-order valence-electron chi connectivity index (χ1n) is 11.0. The summed E-state index contributed by atoms with van der Waals surface area (Å²) < 4.78 is 16.7. The third-order valence-electron chi connectivity index (χ3n) is 6.20. The van der Waals surface area contributed by atoms with Gasteiger partial charge in [-0.3, -0.25) is 4.68 Å². The average molecular weight is 432 g/mol. The Labute approximate surface area is 185 Å². The van der Waals surface area contributed by atoms with Gasteiger partial charge in [-0.05, 0) is 64.4 Å². The quantitative estimate of drug-likeness (QED) is 0.451. The van der Waals surface area contributed by atoms with Crippen LogP contribution in [0.2, 0.25) is 0 Å². The van der Waals surface area contributed by atoms with Gasteiger partial charge in [-0.15, -0.1) is 0 Å². The predicted molar refractivity (Wildman–Crippen MR) is 125 cm³/mol. The Morgan fingerprint density at radius 3 is 2.27 bits per heavy atom. The van der Waals surface area contributed by atoms with E-state index in [0.717, 1.165) is 28.4 Å². The lowest BCUT2D eigenvalue weighted by Crippen LogP contribution is -2.44. The highest BCUT2D eigenvalue weighted by Gasteiger charge is 2.25. The Balaban J connectivity index is 1.44. The maximum absolute atomic E-state index is 13.0. The lowest BCUT2D eigenvalue weighted by Gasteiger charge is -2.32. The third kappa shape index (κ3) is 5.78. The Morgan fingerprint density at radius 1 is 1.00 bits per heavy atom. The number of piperazine rings is 1. The van der Waals surface area contributed by atoms with Gasteiger partial charge >= 0.3 is 0 Å². The lowest BCUT2D eigenvalue weighted by molar-refractivity contribution is 0.152. The molecule has 1 aliphatic rings. The second-order valence-electron chi connectivity index (χ2n) is 8.49. The van der Waals surface area contributed by atoms with E-state index in [1.165, 1.54) is 57.5 Å². The summed E-state index contributed by atoms with van der Waals surface area (Å²) in [5, 5.41) is 4.44. The van der Waals surface area contributed by atoms with Crippen LogP contribution in [0.5, 0.6) is 0 Å². The highest BCUT2D eigenvalue weighted by atomic mass is 32.2. The first kappa shape index (κ1) is 23.1. The largest absolute Gasteiger partial charge is 0.588 e. The molecular weight excluding hydrogens is 394 g/mol. The molecule has 2 heterocycles. The highest BCUT2D eigenvalue weighted by Crippen LogP contribution is 2.28. The molecule has 1 atom stereocenters. The molecule has 166 valence electrons. The molecule has 0 radical (unpaired) electrons. The molecule has 1 fully saturated rings. The van der Waals surface area contributed by atoms with Crippen LogP contribution in [0.4, 0.5) is 5.69 Å². The van der Waals surface area contributed by atoms with Gasteiger partial charge in [0.15, 0.2) is 4.90 Å². The number of anilines is 1. The number of unbranched alkanes of at least 4 members (excludes halogenated alkanes) is 2. The number of hydrogen-bond acceptors (Lipinski definition) is 5.